The number of aromatic hydroxyl groups is 2. The number of phenolic OH excluding ortho intramolecular Hbond substituents is 2. The lowest BCUT2D eigenvalue weighted by molar-refractivity contribution is 0.473. The molecular weight excluding hydrogens is 202 g/mol. The van der Waals surface area contributed by atoms with Gasteiger partial charge in [0.1, 0.15) is 11.5 Å². The molecular formula is C13H13NO2. The van der Waals surface area contributed by atoms with E-state index >= 15 is 0 Å². The van der Waals surface area contributed by atoms with Gasteiger partial charge in [-0.05, 0) is 48.4 Å². The van der Waals surface area contributed by atoms with Crippen LogP contribution >= 0.6 is 0 Å². The standard InChI is InChI=1S/C13H13NO2/c1-8-6-10(15)3-4-11(8)12-7-9(14)2-5-13(12)16/h2-7,15-16H,14H2,1H3. The van der Waals surface area contributed by atoms with Gasteiger partial charge in [-0.2, -0.15) is 0 Å². The van der Waals surface area contributed by atoms with Crippen molar-refractivity contribution in [2.24, 2.45) is 0 Å². The van der Waals surface area contributed by atoms with Crippen LogP contribution in [0.15, 0.2) is 36.4 Å². The monoisotopic (exact) mass is 215 g/mol. The lowest BCUT2D eigenvalue weighted by atomic mass is 9.99. The highest BCUT2D eigenvalue weighted by Crippen LogP contribution is 2.34. The molecule has 0 unspecified atom stereocenters. The quantitative estimate of drug-likeness (QED) is 0.506. The number of nitrogens with two attached hydrogens (primary N) is 1. The smallest absolute Gasteiger partial charge is 0.123 e. The number of rotatable bonds is 1. The van der Waals surface area contributed by atoms with Crippen LogP contribution in [0.5, 0.6) is 11.5 Å². The Kier molecular flexibility index (Phi) is 2.44. The predicted molar refractivity (Wildman–Crippen MR) is 64.4 cm³/mol. The van der Waals surface area contributed by atoms with Crippen molar-refractivity contribution in [2.45, 2.75) is 6.92 Å². The van der Waals surface area contributed by atoms with E-state index in [0.717, 1.165) is 11.1 Å². The van der Waals surface area contributed by atoms with E-state index in [9.17, 15) is 10.2 Å². The number of phenols is 2. The molecule has 0 aliphatic heterocycles. The molecule has 2 aromatic rings. The maximum Gasteiger partial charge on any atom is 0.123 e. The van der Waals surface area contributed by atoms with E-state index in [1.54, 1.807) is 36.4 Å². The van der Waals surface area contributed by atoms with Gasteiger partial charge in [-0.15, -0.1) is 0 Å². The van der Waals surface area contributed by atoms with Crippen molar-refractivity contribution in [3.8, 4) is 22.6 Å². The summed E-state index contributed by atoms with van der Waals surface area (Å²) >= 11 is 0. The molecule has 82 valence electrons. The third kappa shape index (κ3) is 1.80. The molecule has 0 amide bonds. The molecule has 0 aromatic heterocycles. The zero-order valence-corrected chi connectivity index (χ0v) is 8.94. The summed E-state index contributed by atoms with van der Waals surface area (Å²) in [7, 11) is 0. The predicted octanol–water partition coefficient (Wildman–Crippen LogP) is 2.66. The molecule has 0 radical (unpaired) electrons. The highest BCUT2D eigenvalue weighted by atomic mass is 16.3. The molecule has 0 saturated carbocycles. The number of hydrogen-bond donors (Lipinski definition) is 3. The van der Waals surface area contributed by atoms with Gasteiger partial charge in [-0.3, -0.25) is 0 Å². The van der Waals surface area contributed by atoms with Crippen LogP contribution in [0, 0.1) is 6.92 Å². The summed E-state index contributed by atoms with van der Waals surface area (Å²) in [6.45, 7) is 1.87. The van der Waals surface area contributed by atoms with Crippen LogP contribution in [0.2, 0.25) is 0 Å². The Morgan fingerprint density at radius 2 is 1.69 bits per heavy atom. The molecule has 0 saturated heterocycles. The first-order chi connectivity index (χ1) is 7.58. The SMILES string of the molecule is Cc1cc(O)ccc1-c1cc(N)ccc1O. The van der Waals surface area contributed by atoms with Crippen LogP contribution < -0.4 is 5.73 Å². The van der Waals surface area contributed by atoms with Crippen molar-refractivity contribution < 1.29 is 10.2 Å². The fourth-order valence-electron chi connectivity index (χ4n) is 1.72. The lowest BCUT2D eigenvalue weighted by Gasteiger charge is -2.09. The van der Waals surface area contributed by atoms with Gasteiger partial charge in [-0.25, -0.2) is 0 Å². The van der Waals surface area contributed by atoms with Crippen LogP contribution in [-0.4, -0.2) is 10.2 Å². The Balaban J connectivity index is 2.62. The maximum absolute atomic E-state index is 9.76. The number of benzene rings is 2. The van der Waals surface area contributed by atoms with Gasteiger partial charge in [0.15, 0.2) is 0 Å². The fraction of sp³-hybridized carbons (Fsp3) is 0.0769. The van der Waals surface area contributed by atoms with Crippen LogP contribution in [0.25, 0.3) is 11.1 Å². The highest BCUT2D eigenvalue weighted by molar-refractivity contribution is 5.76. The molecule has 0 aliphatic rings. The summed E-state index contributed by atoms with van der Waals surface area (Å²) in [6, 6.07) is 9.93. The van der Waals surface area contributed by atoms with Crippen molar-refractivity contribution in [1.29, 1.82) is 0 Å². The normalized spacial score (nSPS) is 10.3. The molecule has 0 aliphatic carbocycles. The maximum atomic E-state index is 9.76. The van der Waals surface area contributed by atoms with Gasteiger partial charge >= 0.3 is 0 Å². The Hall–Kier alpha value is -2.16. The van der Waals surface area contributed by atoms with Gasteiger partial charge in [0.2, 0.25) is 0 Å². The van der Waals surface area contributed by atoms with E-state index in [0.29, 0.717) is 11.3 Å². The first kappa shape index (κ1) is 10.4. The summed E-state index contributed by atoms with van der Waals surface area (Å²) in [5, 5.41) is 19.1. The summed E-state index contributed by atoms with van der Waals surface area (Å²) in [5.41, 5.74) is 8.71. The van der Waals surface area contributed by atoms with E-state index in [4.69, 9.17) is 5.73 Å². The minimum absolute atomic E-state index is 0.183. The van der Waals surface area contributed by atoms with E-state index in [2.05, 4.69) is 0 Å². The van der Waals surface area contributed by atoms with E-state index in [-0.39, 0.29) is 11.5 Å². The molecule has 4 N–H and O–H groups in total. The molecule has 3 nitrogen and oxygen atoms in total. The second-order valence-electron chi connectivity index (χ2n) is 3.78. The number of aryl methyl sites for hydroxylation is 1. The third-order valence-corrected chi connectivity index (χ3v) is 2.52. The number of anilines is 1. The zero-order valence-electron chi connectivity index (χ0n) is 8.94. The molecule has 0 atom stereocenters. The van der Waals surface area contributed by atoms with Crippen molar-refractivity contribution >= 4 is 5.69 Å². The van der Waals surface area contributed by atoms with Crippen molar-refractivity contribution in [2.75, 3.05) is 5.73 Å². The Bertz CT molecular complexity index is 535. The van der Waals surface area contributed by atoms with E-state index < -0.39 is 0 Å². The molecule has 0 fully saturated rings. The summed E-state index contributed by atoms with van der Waals surface area (Å²) < 4.78 is 0. The Morgan fingerprint density at radius 1 is 0.938 bits per heavy atom. The van der Waals surface area contributed by atoms with Crippen molar-refractivity contribution in [1.82, 2.24) is 0 Å². The Morgan fingerprint density at radius 3 is 2.38 bits per heavy atom. The van der Waals surface area contributed by atoms with Crippen molar-refractivity contribution in [3.63, 3.8) is 0 Å². The minimum atomic E-state index is 0.183. The molecule has 0 spiro atoms. The summed E-state index contributed by atoms with van der Waals surface area (Å²) in [5.74, 6) is 0.396. The summed E-state index contributed by atoms with van der Waals surface area (Å²) in [6.07, 6.45) is 0. The van der Waals surface area contributed by atoms with Crippen molar-refractivity contribution in [3.05, 3.63) is 42.0 Å². The molecule has 16 heavy (non-hydrogen) atoms. The molecule has 3 heteroatoms. The fourth-order valence-corrected chi connectivity index (χ4v) is 1.72. The zero-order chi connectivity index (χ0) is 11.7. The lowest BCUT2D eigenvalue weighted by Crippen LogP contribution is -1.88. The van der Waals surface area contributed by atoms with Gasteiger partial charge < -0.3 is 15.9 Å². The van der Waals surface area contributed by atoms with Crippen LogP contribution in [0.1, 0.15) is 5.56 Å². The average Bonchev–Trinajstić information content (AvgIpc) is 2.22. The first-order valence-electron chi connectivity index (χ1n) is 4.96. The second-order valence-corrected chi connectivity index (χ2v) is 3.78. The molecule has 2 rings (SSSR count). The van der Waals surface area contributed by atoms with Gasteiger partial charge in [0, 0.05) is 11.3 Å². The average molecular weight is 215 g/mol. The minimum Gasteiger partial charge on any atom is -0.508 e. The third-order valence-electron chi connectivity index (χ3n) is 2.52. The molecule has 0 heterocycles. The molecule has 0 bridgehead atoms. The van der Waals surface area contributed by atoms with Crippen LogP contribution in [0.4, 0.5) is 5.69 Å². The largest absolute Gasteiger partial charge is 0.508 e. The van der Waals surface area contributed by atoms with Gasteiger partial charge in [0.05, 0.1) is 0 Å². The summed E-state index contributed by atoms with van der Waals surface area (Å²) in [4.78, 5) is 0. The van der Waals surface area contributed by atoms with E-state index in [1.165, 1.54) is 0 Å². The first-order valence-corrected chi connectivity index (χ1v) is 4.96. The highest BCUT2D eigenvalue weighted by Gasteiger charge is 2.07. The van der Waals surface area contributed by atoms with E-state index in [1.807, 2.05) is 6.92 Å². The van der Waals surface area contributed by atoms with Gasteiger partial charge in [-0.1, -0.05) is 6.07 Å². The number of nitrogen functional groups attached to an aromatic ring is 1. The Labute approximate surface area is 93.8 Å². The van der Waals surface area contributed by atoms with Gasteiger partial charge in [0.25, 0.3) is 0 Å². The topological polar surface area (TPSA) is 66.5 Å². The van der Waals surface area contributed by atoms with Crippen LogP contribution in [-0.2, 0) is 0 Å². The number of hydrogen-bond acceptors (Lipinski definition) is 3. The molecule has 2 aromatic carbocycles. The second kappa shape index (κ2) is 3.77. The van der Waals surface area contributed by atoms with Crippen LogP contribution in [0.3, 0.4) is 0 Å².